The highest BCUT2D eigenvalue weighted by Crippen LogP contribution is 2.21. The van der Waals surface area contributed by atoms with Crippen molar-refractivity contribution in [2.75, 3.05) is 13.1 Å². The lowest BCUT2D eigenvalue weighted by Crippen LogP contribution is -2.28. The van der Waals surface area contributed by atoms with Crippen molar-refractivity contribution >= 4 is 50.5 Å². The van der Waals surface area contributed by atoms with Crippen LogP contribution >= 0.6 is 34.5 Å². The lowest BCUT2D eigenvalue weighted by molar-refractivity contribution is -0.121. The van der Waals surface area contributed by atoms with Gasteiger partial charge in [0.15, 0.2) is 0 Å². The monoisotopic (exact) mass is 420 g/mol. The van der Waals surface area contributed by atoms with Crippen LogP contribution in [0.15, 0.2) is 39.9 Å². The zero-order valence-corrected chi connectivity index (χ0v) is 16.4. The summed E-state index contributed by atoms with van der Waals surface area (Å²) < 4.78 is 26.6. The summed E-state index contributed by atoms with van der Waals surface area (Å²) in [5.41, 5.74) is 0.912. The van der Waals surface area contributed by atoms with Crippen LogP contribution in [0.3, 0.4) is 0 Å². The first-order valence-electron chi connectivity index (χ1n) is 7.62. The molecule has 0 spiro atoms. The van der Waals surface area contributed by atoms with E-state index in [1.807, 2.05) is 6.07 Å². The van der Waals surface area contributed by atoms with E-state index in [1.165, 1.54) is 0 Å². The summed E-state index contributed by atoms with van der Waals surface area (Å²) in [6, 6.07) is 8.47. The molecule has 0 fully saturated rings. The van der Waals surface area contributed by atoms with E-state index in [2.05, 4.69) is 10.0 Å². The second-order valence-electron chi connectivity index (χ2n) is 5.27. The second kappa shape index (κ2) is 9.54. The van der Waals surface area contributed by atoms with Crippen LogP contribution in [0.1, 0.15) is 18.4 Å². The normalized spacial score (nSPS) is 11.4. The Morgan fingerprint density at radius 1 is 1.16 bits per heavy atom. The van der Waals surface area contributed by atoms with Gasteiger partial charge in [-0.3, -0.25) is 4.79 Å². The van der Waals surface area contributed by atoms with E-state index in [-0.39, 0.29) is 23.1 Å². The van der Waals surface area contributed by atoms with E-state index in [0.29, 0.717) is 29.4 Å². The largest absolute Gasteiger partial charge is 0.356 e. The summed E-state index contributed by atoms with van der Waals surface area (Å²) in [4.78, 5) is 11.8. The predicted molar refractivity (Wildman–Crippen MR) is 102 cm³/mol. The van der Waals surface area contributed by atoms with Crippen LogP contribution in [0.4, 0.5) is 0 Å². The molecule has 0 aliphatic heterocycles. The first kappa shape index (κ1) is 20.2. The molecule has 0 aliphatic carbocycles. The van der Waals surface area contributed by atoms with Crippen LogP contribution in [-0.2, 0) is 21.2 Å². The molecule has 0 saturated carbocycles. The summed E-state index contributed by atoms with van der Waals surface area (Å²) in [6.07, 6.45) is 1.28. The number of benzene rings is 1. The third kappa shape index (κ3) is 6.60. The number of carbonyl (C=O) groups excluding carboxylic acids is 1. The van der Waals surface area contributed by atoms with Gasteiger partial charge in [-0.2, -0.15) is 0 Å². The molecular formula is C16H18Cl2N2O3S2. The van der Waals surface area contributed by atoms with Crippen molar-refractivity contribution in [1.29, 1.82) is 0 Å². The topological polar surface area (TPSA) is 75.3 Å². The Kier molecular flexibility index (Phi) is 7.71. The Morgan fingerprint density at radius 2 is 1.96 bits per heavy atom. The third-order valence-corrected chi connectivity index (χ3v) is 6.81. The Morgan fingerprint density at radius 3 is 2.64 bits per heavy atom. The minimum atomic E-state index is -3.46. The summed E-state index contributed by atoms with van der Waals surface area (Å²) in [7, 11) is -3.46. The second-order valence-corrected chi connectivity index (χ2v) is 9.05. The average molecular weight is 421 g/mol. The van der Waals surface area contributed by atoms with Gasteiger partial charge < -0.3 is 5.32 Å². The Bertz CT molecular complexity index is 809. The Balaban J connectivity index is 1.64. The van der Waals surface area contributed by atoms with E-state index in [1.54, 1.807) is 29.6 Å². The van der Waals surface area contributed by atoms with Crippen molar-refractivity contribution < 1.29 is 13.2 Å². The highest BCUT2D eigenvalue weighted by molar-refractivity contribution is 7.91. The van der Waals surface area contributed by atoms with Crippen LogP contribution in [-0.4, -0.2) is 27.4 Å². The summed E-state index contributed by atoms with van der Waals surface area (Å²) >= 11 is 13.1. The molecule has 0 saturated heterocycles. The molecule has 0 unspecified atom stereocenters. The van der Waals surface area contributed by atoms with E-state index in [4.69, 9.17) is 23.2 Å². The molecule has 2 N–H and O–H groups in total. The molecule has 0 bridgehead atoms. The van der Waals surface area contributed by atoms with Crippen LogP contribution in [0.2, 0.25) is 10.0 Å². The number of thiophene rings is 1. The number of sulfonamides is 1. The number of rotatable bonds is 9. The fraction of sp³-hybridized carbons (Fsp3) is 0.312. The summed E-state index contributed by atoms with van der Waals surface area (Å²) in [5.74, 6) is -0.125. The number of hydrogen-bond donors (Lipinski definition) is 2. The maximum Gasteiger partial charge on any atom is 0.250 e. The van der Waals surface area contributed by atoms with Gasteiger partial charge >= 0.3 is 0 Å². The zero-order valence-electron chi connectivity index (χ0n) is 13.3. The maximum atomic E-state index is 11.9. The number of carbonyl (C=O) groups is 1. The van der Waals surface area contributed by atoms with Crippen molar-refractivity contribution in [2.45, 2.75) is 23.5 Å². The SMILES string of the molecule is O=C(CCCNS(=O)(=O)c1cccs1)NCCc1ccc(Cl)cc1Cl. The minimum Gasteiger partial charge on any atom is -0.356 e. The average Bonchev–Trinajstić information content (AvgIpc) is 3.09. The molecule has 1 aromatic carbocycles. The molecule has 0 radical (unpaired) electrons. The Hall–Kier alpha value is -1.12. The first-order valence-corrected chi connectivity index (χ1v) is 10.7. The van der Waals surface area contributed by atoms with Gasteiger partial charge in [0.1, 0.15) is 4.21 Å². The van der Waals surface area contributed by atoms with Crippen LogP contribution in [0, 0.1) is 0 Å². The molecule has 136 valence electrons. The van der Waals surface area contributed by atoms with E-state index in [9.17, 15) is 13.2 Å². The smallest absolute Gasteiger partial charge is 0.250 e. The summed E-state index contributed by atoms with van der Waals surface area (Å²) in [6.45, 7) is 0.678. The highest BCUT2D eigenvalue weighted by Gasteiger charge is 2.14. The van der Waals surface area contributed by atoms with Gasteiger partial charge in [0.25, 0.3) is 0 Å². The molecule has 0 aliphatic rings. The van der Waals surface area contributed by atoms with Gasteiger partial charge in [-0.05, 0) is 42.0 Å². The maximum absolute atomic E-state index is 11.9. The van der Waals surface area contributed by atoms with Crippen LogP contribution in [0.25, 0.3) is 0 Å². The molecule has 5 nitrogen and oxygen atoms in total. The van der Waals surface area contributed by atoms with E-state index < -0.39 is 10.0 Å². The van der Waals surface area contributed by atoms with Crippen molar-refractivity contribution in [1.82, 2.24) is 10.0 Å². The van der Waals surface area contributed by atoms with Gasteiger partial charge in [0.2, 0.25) is 15.9 Å². The number of nitrogens with one attached hydrogen (secondary N) is 2. The molecule has 1 aromatic heterocycles. The minimum absolute atomic E-state index is 0.125. The van der Waals surface area contributed by atoms with Crippen molar-refractivity contribution in [2.24, 2.45) is 0 Å². The third-order valence-electron chi connectivity index (χ3n) is 3.36. The standard InChI is InChI=1S/C16H18Cl2N2O3S2/c17-13-6-5-12(14(18)11-13)7-9-19-15(21)3-1-8-20-25(22,23)16-4-2-10-24-16/h2,4-6,10-11,20H,1,3,7-9H2,(H,19,21). The zero-order chi connectivity index (χ0) is 18.3. The summed E-state index contributed by atoms with van der Waals surface area (Å²) in [5, 5.41) is 5.64. The van der Waals surface area contributed by atoms with Crippen LogP contribution in [0.5, 0.6) is 0 Å². The molecule has 1 amide bonds. The van der Waals surface area contributed by atoms with Crippen molar-refractivity contribution in [3.05, 3.63) is 51.3 Å². The highest BCUT2D eigenvalue weighted by atomic mass is 35.5. The van der Waals surface area contributed by atoms with Gasteiger partial charge in [-0.25, -0.2) is 13.1 Å². The molecule has 1 heterocycles. The van der Waals surface area contributed by atoms with Gasteiger partial charge in [-0.15, -0.1) is 11.3 Å². The van der Waals surface area contributed by atoms with Gasteiger partial charge in [0, 0.05) is 29.6 Å². The number of halogens is 2. The quantitative estimate of drug-likeness (QED) is 0.609. The lowest BCUT2D eigenvalue weighted by atomic mass is 10.1. The number of amides is 1. The lowest BCUT2D eigenvalue weighted by Gasteiger charge is -2.08. The van der Waals surface area contributed by atoms with E-state index in [0.717, 1.165) is 16.9 Å². The molecule has 2 rings (SSSR count). The predicted octanol–water partition coefficient (Wildman–Crippen LogP) is 3.47. The van der Waals surface area contributed by atoms with E-state index >= 15 is 0 Å². The van der Waals surface area contributed by atoms with Crippen molar-refractivity contribution in [3.8, 4) is 0 Å². The first-order chi connectivity index (χ1) is 11.9. The van der Waals surface area contributed by atoms with Gasteiger partial charge in [-0.1, -0.05) is 35.3 Å². The molecule has 9 heteroatoms. The Labute approximate surface area is 161 Å². The fourth-order valence-corrected chi connectivity index (χ4v) is 4.71. The molecule has 25 heavy (non-hydrogen) atoms. The van der Waals surface area contributed by atoms with Crippen LogP contribution < -0.4 is 10.0 Å². The molecule has 0 atom stereocenters. The molecule has 2 aromatic rings. The molecular weight excluding hydrogens is 403 g/mol. The fourth-order valence-electron chi connectivity index (χ4n) is 2.09. The number of hydrogen-bond acceptors (Lipinski definition) is 4. The van der Waals surface area contributed by atoms with Crippen molar-refractivity contribution in [3.63, 3.8) is 0 Å². The van der Waals surface area contributed by atoms with Gasteiger partial charge in [0.05, 0.1) is 0 Å².